The van der Waals surface area contributed by atoms with Crippen LogP contribution in [0.15, 0.2) is 48.5 Å². The summed E-state index contributed by atoms with van der Waals surface area (Å²) in [6.45, 7) is 0. The molecule has 2 aromatic rings. The molecule has 0 saturated heterocycles. The molecule has 0 saturated carbocycles. The number of rotatable bonds is 5. The first-order valence-corrected chi connectivity index (χ1v) is 8.13. The smallest absolute Gasteiger partial charge is 0.478 e. The number of allylic oxidation sites excluding steroid dienone is 1. The number of carbonyl (C=O) groups is 1. The molecule has 168 valence electrons. The van der Waals surface area contributed by atoms with Crippen LogP contribution in [0.25, 0.3) is 6.08 Å². The Hall–Kier alpha value is -3.18. The summed E-state index contributed by atoms with van der Waals surface area (Å²) in [5.74, 6) is -5.26. The molecule has 0 aliphatic carbocycles. The van der Waals surface area contributed by atoms with Gasteiger partial charge in [-0.3, -0.25) is 0 Å². The number of hydrogen-bond donors (Lipinski definition) is 1. The molecule has 0 spiro atoms. The van der Waals surface area contributed by atoms with E-state index in [1.54, 1.807) is 0 Å². The number of ether oxygens (including phenoxy) is 1. The lowest BCUT2D eigenvalue weighted by atomic mass is 9.96. The first-order chi connectivity index (χ1) is 14.1. The second-order valence-corrected chi connectivity index (χ2v) is 6.11. The SMILES string of the molecule is O=C(O)c1ccc(/C=C/C(c2cccc(OC(F)(F)F)c2)C(F)(F)F)cc1C(F)(F)F. The Bertz CT molecular complexity index is 973. The third kappa shape index (κ3) is 6.66. The van der Waals surface area contributed by atoms with Crippen LogP contribution in [-0.4, -0.2) is 23.6 Å². The van der Waals surface area contributed by atoms with Gasteiger partial charge in [0.2, 0.25) is 0 Å². The highest BCUT2D eigenvalue weighted by Gasteiger charge is 2.40. The van der Waals surface area contributed by atoms with Gasteiger partial charge >= 0.3 is 24.7 Å². The van der Waals surface area contributed by atoms with Gasteiger partial charge in [0.15, 0.2) is 0 Å². The normalized spacial score (nSPS) is 14.0. The third-order valence-corrected chi connectivity index (χ3v) is 3.86. The van der Waals surface area contributed by atoms with Crippen LogP contribution in [0.3, 0.4) is 0 Å². The molecule has 0 fully saturated rings. The number of carboxylic acids is 1. The van der Waals surface area contributed by atoms with Crippen molar-refractivity contribution < 1.29 is 54.2 Å². The molecule has 0 aliphatic rings. The molecule has 0 amide bonds. The Balaban J connectivity index is 2.45. The summed E-state index contributed by atoms with van der Waals surface area (Å²) in [4.78, 5) is 10.9. The Labute approximate surface area is 168 Å². The van der Waals surface area contributed by atoms with Crippen molar-refractivity contribution in [3.8, 4) is 5.75 Å². The molecule has 12 heteroatoms. The highest BCUT2D eigenvalue weighted by atomic mass is 19.4. The van der Waals surface area contributed by atoms with Crippen molar-refractivity contribution >= 4 is 12.0 Å². The highest BCUT2D eigenvalue weighted by molar-refractivity contribution is 5.90. The second kappa shape index (κ2) is 8.52. The maximum absolute atomic E-state index is 13.4. The molecule has 2 rings (SSSR count). The zero-order valence-electron chi connectivity index (χ0n) is 14.9. The quantitative estimate of drug-likeness (QED) is 0.510. The maximum Gasteiger partial charge on any atom is 0.573 e. The average molecular weight is 458 g/mol. The second-order valence-electron chi connectivity index (χ2n) is 6.11. The minimum atomic E-state index is -5.14. The summed E-state index contributed by atoms with van der Waals surface area (Å²) in [5.41, 5.74) is -3.70. The molecular formula is C19H11F9O3. The van der Waals surface area contributed by atoms with E-state index in [0.29, 0.717) is 30.4 Å². The van der Waals surface area contributed by atoms with Gasteiger partial charge in [0.25, 0.3) is 0 Å². The molecule has 0 heterocycles. The molecule has 1 N–H and O–H groups in total. The number of benzene rings is 2. The summed E-state index contributed by atoms with van der Waals surface area (Å²) >= 11 is 0. The summed E-state index contributed by atoms with van der Waals surface area (Å²) in [6, 6.07) is 4.87. The van der Waals surface area contributed by atoms with Gasteiger partial charge in [0, 0.05) is 0 Å². The van der Waals surface area contributed by atoms with Gasteiger partial charge in [-0.2, -0.15) is 26.3 Å². The summed E-state index contributed by atoms with van der Waals surface area (Å²) in [7, 11) is 0. The van der Waals surface area contributed by atoms with E-state index in [1.165, 1.54) is 0 Å². The predicted octanol–water partition coefficient (Wildman–Crippen LogP) is 6.66. The lowest BCUT2D eigenvalue weighted by molar-refractivity contribution is -0.274. The molecular weight excluding hydrogens is 447 g/mol. The predicted molar refractivity (Wildman–Crippen MR) is 89.4 cm³/mol. The van der Waals surface area contributed by atoms with Gasteiger partial charge in [0.05, 0.1) is 17.0 Å². The molecule has 0 aromatic heterocycles. The van der Waals surface area contributed by atoms with E-state index in [0.717, 1.165) is 24.3 Å². The van der Waals surface area contributed by atoms with E-state index in [-0.39, 0.29) is 0 Å². The zero-order chi connectivity index (χ0) is 23.6. The van der Waals surface area contributed by atoms with Crippen LogP contribution < -0.4 is 4.74 Å². The van der Waals surface area contributed by atoms with Crippen LogP contribution in [0.5, 0.6) is 5.75 Å². The van der Waals surface area contributed by atoms with E-state index in [2.05, 4.69) is 4.74 Å². The minimum Gasteiger partial charge on any atom is -0.478 e. The maximum atomic E-state index is 13.4. The van der Waals surface area contributed by atoms with Gasteiger partial charge in [0.1, 0.15) is 5.75 Å². The van der Waals surface area contributed by atoms with Crippen molar-refractivity contribution in [2.45, 2.75) is 24.6 Å². The standard InChI is InChI=1S/C19H11F9O3/c20-17(21,22)14(11-2-1-3-12(9-11)31-19(26,27)28)7-5-10-4-6-13(16(29)30)15(8-10)18(23,24)25/h1-9,14H,(H,29,30)/b7-5+. The van der Waals surface area contributed by atoms with Crippen LogP contribution in [0.1, 0.15) is 33.0 Å². The number of aromatic carboxylic acids is 1. The van der Waals surface area contributed by atoms with Crippen molar-refractivity contribution in [1.29, 1.82) is 0 Å². The summed E-state index contributed by atoms with van der Waals surface area (Å²) in [5, 5.41) is 8.84. The lowest BCUT2D eigenvalue weighted by Crippen LogP contribution is -2.20. The fraction of sp³-hybridized carbons (Fsp3) is 0.211. The van der Waals surface area contributed by atoms with Crippen molar-refractivity contribution in [3.05, 3.63) is 70.8 Å². The molecule has 1 atom stereocenters. The Morgan fingerprint density at radius 2 is 1.58 bits per heavy atom. The first-order valence-electron chi connectivity index (χ1n) is 8.13. The minimum absolute atomic E-state index is 0.358. The topological polar surface area (TPSA) is 46.5 Å². The average Bonchev–Trinajstić information content (AvgIpc) is 2.58. The highest BCUT2D eigenvalue weighted by Crippen LogP contribution is 2.39. The molecule has 0 bridgehead atoms. The molecule has 31 heavy (non-hydrogen) atoms. The molecule has 0 radical (unpaired) electrons. The van der Waals surface area contributed by atoms with Crippen molar-refractivity contribution in [2.24, 2.45) is 0 Å². The monoisotopic (exact) mass is 458 g/mol. The van der Waals surface area contributed by atoms with Gasteiger partial charge in [-0.05, 0) is 35.4 Å². The number of halogens is 9. The van der Waals surface area contributed by atoms with E-state index >= 15 is 0 Å². The van der Waals surface area contributed by atoms with Crippen LogP contribution in [0.2, 0.25) is 0 Å². The van der Waals surface area contributed by atoms with E-state index in [4.69, 9.17) is 5.11 Å². The first kappa shape index (κ1) is 24.1. The van der Waals surface area contributed by atoms with Gasteiger partial charge < -0.3 is 9.84 Å². The molecule has 1 unspecified atom stereocenters. The van der Waals surface area contributed by atoms with Crippen LogP contribution >= 0.6 is 0 Å². The largest absolute Gasteiger partial charge is 0.573 e. The number of hydrogen-bond acceptors (Lipinski definition) is 2. The third-order valence-electron chi connectivity index (χ3n) is 3.86. The van der Waals surface area contributed by atoms with Crippen molar-refractivity contribution in [1.82, 2.24) is 0 Å². The fourth-order valence-corrected chi connectivity index (χ4v) is 2.61. The fourth-order valence-electron chi connectivity index (χ4n) is 2.61. The Morgan fingerprint density at radius 3 is 2.10 bits per heavy atom. The van der Waals surface area contributed by atoms with E-state index in [1.807, 2.05) is 0 Å². The van der Waals surface area contributed by atoms with Gasteiger partial charge in [-0.1, -0.05) is 30.4 Å². The van der Waals surface area contributed by atoms with Crippen LogP contribution in [0, 0.1) is 0 Å². The molecule has 3 nitrogen and oxygen atoms in total. The Kier molecular flexibility index (Phi) is 6.62. The Morgan fingerprint density at radius 1 is 0.935 bits per heavy atom. The van der Waals surface area contributed by atoms with Gasteiger partial charge in [-0.25, -0.2) is 4.79 Å². The van der Waals surface area contributed by atoms with Crippen molar-refractivity contribution in [3.63, 3.8) is 0 Å². The van der Waals surface area contributed by atoms with Crippen LogP contribution in [-0.2, 0) is 6.18 Å². The van der Waals surface area contributed by atoms with E-state index < -0.39 is 58.6 Å². The number of alkyl halides is 9. The van der Waals surface area contributed by atoms with Gasteiger partial charge in [-0.15, -0.1) is 13.2 Å². The lowest BCUT2D eigenvalue weighted by Gasteiger charge is -2.18. The summed E-state index contributed by atoms with van der Waals surface area (Å²) < 4.78 is 120. The molecule has 0 aliphatic heterocycles. The summed E-state index contributed by atoms with van der Waals surface area (Å²) in [6.07, 6.45) is -14.1. The van der Waals surface area contributed by atoms with E-state index in [9.17, 15) is 44.3 Å². The van der Waals surface area contributed by atoms with Crippen molar-refractivity contribution in [2.75, 3.05) is 0 Å². The van der Waals surface area contributed by atoms with Crippen LogP contribution in [0.4, 0.5) is 39.5 Å². The number of carboxylic acid groups (broad SMARTS) is 1. The zero-order valence-corrected chi connectivity index (χ0v) is 14.9. The molecule has 2 aromatic carbocycles.